The summed E-state index contributed by atoms with van der Waals surface area (Å²) in [5, 5.41) is 0. The van der Waals surface area contributed by atoms with Gasteiger partial charge >= 0.3 is 0 Å². The van der Waals surface area contributed by atoms with Gasteiger partial charge in [-0.2, -0.15) is 0 Å². The number of nitrogens with one attached hydrogen (secondary N) is 1. The second-order valence-electron chi connectivity index (χ2n) is 13.4. The Labute approximate surface area is 247 Å². The molecule has 0 saturated carbocycles. The number of nitrogens with zero attached hydrogens (tertiary/aromatic N) is 6. The maximum Gasteiger partial charge on any atom is 0.167 e. The van der Waals surface area contributed by atoms with Gasteiger partial charge in [0.1, 0.15) is 36.0 Å². The number of aryl methyl sites for hydroxylation is 1. The number of nitrogen functional groups attached to an aromatic ring is 1. The minimum Gasteiger partial charge on any atom is -0.382 e. The first kappa shape index (κ1) is 29.0. The van der Waals surface area contributed by atoms with Crippen molar-refractivity contribution in [3.63, 3.8) is 0 Å². The number of benzene rings is 1. The zero-order valence-corrected chi connectivity index (χ0v) is 25.8. The number of hydrogen-bond donors (Lipinski definition) is 2. The lowest BCUT2D eigenvalue weighted by Crippen LogP contribution is -2.43. The van der Waals surface area contributed by atoms with E-state index < -0.39 is 12.0 Å². The third kappa shape index (κ3) is 5.62. The molecule has 4 atom stereocenters. The number of imidazole rings is 2. The molecule has 0 aliphatic carbocycles. The number of hydrogen-bond acceptors (Lipinski definition) is 9. The number of unbranched alkanes of at least 4 members (excludes halogenated alkanes) is 1. The second-order valence-corrected chi connectivity index (χ2v) is 13.4. The van der Waals surface area contributed by atoms with Crippen molar-refractivity contribution in [3.8, 4) is 0 Å². The molecule has 3 N–H and O–H groups in total. The van der Waals surface area contributed by atoms with Crippen molar-refractivity contribution in [1.29, 1.82) is 0 Å². The van der Waals surface area contributed by atoms with Gasteiger partial charge in [0.25, 0.3) is 0 Å². The third-order valence-electron chi connectivity index (χ3n) is 8.44. The van der Waals surface area contributed by atoms with Crippen LogP contribution in [0, 0.1) is 0 Å². The van der Waals surface area contributed by atoms with Crippen LogP contribution in [-0.2, 0) is 26.0 Å². The van der Waals surface area contributed by atoms with E-state index in [1.165, 1.54) is 11.9 Å². The second kappa shape index (κ2) is 10.9. The zero-order chi connectivity index (χ0) is 29.8. The minimum atomic E-state index is -0.705. The molecule has 42 heavy (non-hydrogen) atoms. The molecule has 11 nitrogen and oxygen atoms in total. The lowest BCUT2D eigenvalue weighted by molar-refractivity contribution is -0.198. The van der Waals surface area contributed by atoms with Gasteiger partial charge in [-0.3, -0.25) is 9.47 Å². The SMILES string of the molecule is CC(C)N(CCCCc1nc2ccc(C(C)(C)C)cc2[nH]1)CC1O[C@@H](n2cnc3c(N)ncnc32)C2OC(C)(C)O[C@H]12. The molecule has 5 heterocycles. The minimum absolute atomic E-state index is 0.114. The van der Waals surface area contributed by atoms with Crippen LogP contribution in [0.2, 0.25) is 0 Å². The van der Waals surface area contributed by atoms with E-state index in [-0.39, 0.29) is 23.7 Å². The third-order valence-corrected chi connectivity index (χ3v) is 8.44. The van der Waals surface area contributed by atoms with Crippen LogP contribution in [0.5, 0.6) is 0 Å². The van der Waals surface area contributed by atoms with Gasteiger partial charge in [-0.1, -0.05) is 26.8 Å². The largest absolute Gasteiger partial charge is 0.382 e. The average Bonchev–Trinajstić information content (AvgIpc) is 3.66. The summed E-state index contributed by atoms with van der Waals surface area (Å²) in [4.78, 5) is 23.8. The average molecular weight is 577 g/mol. The Morgan fingerprint density at radius 2 is 1.88 bits per heavy atom. The van der Waals surface area contributed by atoms with E-state index in [1.54, 1.807) is 6.33 Å². The predicted molar refractivity (Wildman–Crippen MR) is 162 cm³/mol. The highest BCUT2D eigenvalue weighted by atomic mass is 16.8. The van der Waals surface area contributed by atoms with Crippen molar-refractivity contribution in [3.05, 3.63) is 42.2 Å². The Kier molecular flexibility index (Phi) is 7.49. The maximum absolute atomic E-state index is 6.65. The Bertz CT molecular complexity index is 1550. The quantitative estimate of drug-likeness (QED) is 0.272. The van der Waals surface area contributed by atoms with Crippen LogP contribution in [0.1, 0.15) is 78.9 Å². The first-order valence-corrected chi connectivity index (χ1v) is 15.1. The molecule has 0 spiro atoms. The number of rotatable bonds is 9. The molecule has 1 aromatic carbocycles. The summed E-state index contributed by atoms with van der Waals surface area (Å²) in [5.41, 5.74) is 10.8. The molecule has 2 unspecified atom stereocenters. The molecule has 0 amide bonds. The van der Waals surface area contributed by atoms with E-state index in [9.17, 15) is 0 Å². The molecular formula is C31H44N8O3. The first-order chi connectivity index (χ1) is 19.9. The van der Waals surface area contributed by atoms with Crippen LogP contribution in [0.25, 0.3) is 22.2 Å². The number of ether oxygens (including phenoxy) is 3. The van der Waals surface area contributed by atoms with E-state index in [4.69, 9.17) is 24.9 Å². The topological polar surface area (TPSA) is 129 Å². The van der Waals surface area contributed by atoms with Gasteiger partial charge in [0, 0.05) is 19.0 Å². The lowest BCUT2D eigenvalue weighted by atomic mass is 9.87. The standard InChI is InChI=1S/C31H44N8O3/c1-18(2)38(13-9-8-10-23-36-20-12-11-19(30(3,4)5)14-21(20)37-23)15-22-25-26(42-31(6,7)41-25)29(40-22)39-17-35-24-27(32)33-16-34-28(24)39/h11-12,14,16-18,22,25-26,29H,8-10,13,15H2,1-7H3,(H,36,37)(H2,32,33,34)/t22?,25-,26?,29-/m1/s1. The highest BCUT2D eigenvalue weighted by molar-refractivity contribution is 5.81. The van der Waals surface area contributed by atoms with Crippen molar-refractivity contribution in [2.75, 3.05) is 18.8 Å². The van der Waals surface area contributed by atoms with Crippen LogP contribution in [0.3, 0.4) is 0 Å². The van der Waals surface area contributed by atoms with E-state index in [1.807, 2.05) is 18.4 Å². The van der Waals surface area contributed by atoms with Crippen LogP contribution in [0.15, 0.2) is 30.9 Å². The highest BCUT2D eigenvalue weighted by Crippen LogP contribution is 2.44. The van der Waals surface area contributed by atoms with Gasteiger partial charge in [-0.05, 0) is 70.2 Å². The number of H-pyrrole nitrogens is 1. The Morgan fingerprint density at radius 1 is 1.10 bits per heavy atom. The van der Waals surface area contributed by atoms with E-state index >= 15 is 0 Å². The maximum atomic E-state index is 6.65. The van der Waals surface area contributed by atoms with Gasteiger partial charge in [0.2, 0.25) is 0 Å². The van der Waals surface area contributed by atoms with Crippen molar-refractivity contribution >= 4 is 28.0 Å². The summed E-state index contributed by atoms with van der Waals surface area (Å²) in [6.45, 7) is 16.8. The Hall–Kier alpha value is -3.12. The number of aromatic nitrogens is 6. The number of fused-ring (bicyclic) bond motifs is 3. The molecule has 2 saturated heterocycles. The van der Waals surface area contributed by atoms with Crippen molar-refractivity contribution in [2.24, 2.45) is 0 Å². The molecule has 11 heteroatoms. The summed E-state index contributed by atoms with van der Waals surface area (Å²) in [6, 6.07) is 6.90. The molecule has 6 rings (SSSR count). The van der Waals surface area contributed by atoms with Crippen molar-refractivity contribution in [1.82, 2.24) is 34.4 Å². The van der Waals surface area contributed by atoms with Crippen molar-refractivity contribution in [2.45, 2.75) is 110 Å². The Morgan fingerprint density at radius 3 is 2.64 bits per heavy atom. The summed E-state index contributed by atoms with van der Waals surface area (Å²) >= 11 is 0. The molecule has 3 aromatic heterocycles. The van der Waals surface area contributed by atoms with Gasteiger partial charge in [-0.15, -0.1) is 0 Å². The fourth-order valence-corrected chi connectivity index (χ4v) is 6.13. The van der Waals surface area contributed by atoms with E-state index in [2.05, 4.69) is 77.7 Å². The molecule has 2 aliphatic heterocycles. The number of nitrogens with two attached hydrogens (primary N) is 1. The van der Waals surface area contributed by atoms with Crippen LogP contribution in [-0.4, -0.2) is 77.6 Å². The number of anilines is 1. The van der Waals surface area contributed by atoms with E-state index in [0.717, 1.165) is 49.2 Å². The molecule has 0 bridgehead atoms. The van der Waals surface area contributed by atoms with Crippen molar-refractivity contribution < 1.29 is 14.2 Å². The first-order valence-electron chi connectivity index (χ1n) is 15.1. The molecule has 226 valence electrons. The van der Waals surface area contributed by atoms with Gasteiger partial charge in [-0.25, -0.2) is 19.9 Å². The van der Waals surface area contributed by atoms with Crippen LogP contribution in [0.4, 0.5) is 5.82 Å². The van der Waals surface area contributed by atoms with E-state index in [0.29, 0.717) is 23.0 Å². The normalized spacial score (nSPS) is 24.0. The lowest BCUT2D eigenvalue weighted by Gasteiger charge is -2.31. The molecule has 4 aromatic rings. The smallest absolute Gasteiger partial charge is 0.167 e. The van der Waals surface area contributed by atoms with Crippen LogP contribution < -0.4 is 5.73 Å². The predicted octanol–water partition coefficient (Wildman–Crippen LogP) is 4.73. The molecule has 0 radical (unpaired) electrons. The van der Waals surface area contributed by atoms with Gasteiger partial charge in [0.05, 0.1) is 17.4 Å². The summed E-state index contributed by atoms with van der Waals surface area (Å²) < 4.78 is 21.3. The summed E-state index contributed by atoms with van der Waals surface area (Å²) in [6.07, 6.45) is 5.07. The molecule has 2 aliphatic rings. The Balaban J connectivity index is 1.11. The fourth-order valence-electron chi connectivity index (χ4n) is 6.13. The fraction of sp³-hybridized carbons (Fsp3) is 0.613. The number of aromatic amines is 1. The van der Waals surface area contributed by atoms with Gasteiger partial charge < -0.3 is 24.9 Å². The zero-order valence-electron chi connectivity index (χ0n) is 25.8. The van der Waals surface area contributed by atoms with Gasteiger partial charge in [0.15, 0.2) is 23.5 Å². The van der Waals surface area contributed by atoms with Crippen LogP contribution >= 0.6 is 0 Å². The summed E-state index contributed by atoms with van der Waals surface area (Å²) in [5.74, 6) is 0.688. The highest BCUT2D eigenvalue weighted by Gasteiger charge is 2.56. The summed E-state index contributed by atoms with van der Waals surface area (Å²) in [7, 11) is 0. The molecule has 2 fully saturated rings. The monoisotopic (exact) mass is 576 g/mol. The molecular weight excluding hydrogens is 532 g/mol.